The standard InChI is InChI=1S/C26H14N8.Pt/c1-2-8-16-15(7-1)23-29-19-11-5-13-21(27-19)31-25-17-9-3-4-10-18(17)26(34-25)32-22-14-6-12-20(28-22)30-24(16)33-23;/h1-14H;/q-2;+2. The fraction of sp³-hybridized carbons (Fsp3) is 0. The molecule has 168 valence electrons. The first kappa shape index (κ1) is 21.3. The molecule has 7 aromatic rings. The third kappa shape index (κ3) is 3.78. The summed E-state index contributed by atoms with van der Waals surface area (Å²) in [6.45, 7) is 0. The Labute approximate surface area is 212 Å². The summed E-state index contributed by atoms with van der Waals surface area (Å²) in [6, 6.07) is 26.8. The van der Waals surface area contributed by atoms with Gasteiger partial charge < -0.3 is 29.9 Å². The second-order valence-corrected chi connectivity index (χ2v) is 7.76. The fourth-order valence-corrected chi connectivity index (χ4v) is 4.04. The van der Waals surface area contributed by atoms with Crippen LogP contribution in [0.25, 0.3) is 66.7 Å². The summed E-state index contributed by atoms with van der Waals surface area (Å²) >= 11 is 0. The molecule has 0 spiro atoms. The van der Waals surface area contributed by atoms with Gasteiger partial charge in [-0.15, -0.1) is 0 Å². The second kappa shape index (κ2) is 8.49. The Balaban J connectivity index is 0.00000229. The number of pyridine rings is 2. The van der Waals surface area contributed by atoms with Crippen molar-refractivity contribution in [1.29, 1.82) is 0 Å². The summed E-state index contributed by atoms with van der Waals surface area (Å²) in [5.74, 6) is 0. The number of hydrogen-bond acceptors (Lipinski definition) is 6. The molecule has 0 atom stereocenters. The quantitative estimate of drug-likeness (QED) is 0.239. The summed E-state index contributed by atoms with van der Waals surface area (Å²) in [5, 5.41) is 3.57. The SMILES string of the molecule is [Pt+2].c1cc2nc(c1)nc1[n-]c(nc3cccc(n3)nc3[n-]c(n2)c2ccccc32)c2ccccc12. The van der Waals surface area contributed by atoms with Gasteiger partial charge in [0.1, 0.15) is 0 Å². The molecule has 0 saturated carbocycles. The minimum Gasteiger partial charge on any atom is -0.357 e. The minimum absolute atomic E-state index is 0. The van der Waals surface area contributed by atoms with Crippen LogP contribution in [0, 0.1) is 0 Å². The number of aromatic nitrogens is 8. The summed E-state index contributed by atoms with van der Waals surface area (Å²) < 4.78 is 0. The third-order valence-electron chi connectivity index (χ3n) is 5.56. The van der Waals surface area contributed by atoms with Crippen molar-refractivity contribution in [3.05, 3.63) is 84.9 Å². The van der Waals surface area contributed by atoms with Crippen molar-refractivity contribution < 1.29 is 21.1 Å². The molecule has 5 aromatic heterocycles. The maximum atomic E-state index is 4.71. The van der Waals surface area contributed by atoms with Crippen molar-refractivity contribution in [2.24, 2.45) is 0 Å². The van der Waals surface area contributed by atoms with Crippen LogP contribution in [0.15, 0.2) is 84.9 Å². The van der Waals surface area contributed by atoms with E-state index in [2.05, 4.69) is 9.97 Å². The molecule has 0 N–H and O–H groups in total. The maximum Gasteiger partial charge on any atom is 2.00 e. The Morgan fingerprint density at radius 1 is 0.343 bits per heavy atom. The van der Waals surface area contributed by atoms with E-state index >= 15 is 0 Å². The Morgan fingerprint density at radius 2 is 0.629 bits per heavy atom. The molecule has 2 aromatic carbocycles. The molecular weight excluding hydrogens is 619 g/mol. The number of hydrogen-bond donors (Lipinski definition) is 0. The average molecular weight is 634 g/mol. The first-order valence-electron chi connectivity index (χ1n) is 10.7. The zero-order valence-electron chi connectivity index (χ0n) is 18.0. The molecule has 0 amide bonds. The summed E-state index contributed by atoms with van der Waals surface area (Å²) in [7, 11) is 0. The Bertz CT molecular complexity index is 1720. The molecule has 0 unspecified atom stereocenters. The molecule has 9 heteroatoms. The van der Waals surface area contributed by atoms with Crippen LogP contribution in [-0.4, -0.2) is 29.9 Å². The number of rotatable bonds is 0. The van der Waals surface area contributed by atoms with Crippen LogP contribution in [-0.2, 0) is 21.1 Å². The monoisotopic (exact) mass is 633 g/mol. The van der Waals surface area contributed by atoms with E-state index in [1.807, 2.05) is 84.9 Å². The van der Waals surface area contributed by atoms with Gasteiger partial charge in [0.05, 0.1) is 22.6 Å². The third-order valence-corrected chi connectivity index (χ3v) is 5.56. The van der Waals surface area contributed by atoms with E-state index in [9.17, 15) is 0 Å². The van der Waals surface area contributed by atoms with Crippen molar-refractivity contribution in [3.8, 4) is 0 Å². The van der Waals surface area contributed by atoms with Gasteiger partial charge in [0.25, 0.3) is 0 Å². The molecule has 0 aliphatic rings. The average Bonchev–Trinajstić information content (AvgIpc) is 3.37. The normalized spacial score (nSPS) is 11.2. The molecule has 8 bridgehead atoms. The molecule has 35 heavy (non-hydrogen) atoms. The van der Waals surface area contributed by atoms with Gasteiger partial charge >= 0.3 is 21.1 Å². The van der Waals surface area contributed by atoms with Crippen LogP contribution in [0.3, 0.4) is 0 Å². The van der Waals surface area contributed by atoms with Gasteiger partial charge in [0.15, 0.2) is 0 Å². The molecule has 5 heterocycles. The topological polar surface area (TPSA) is 106 Å². The first-order valence-corrected chi connectivity index (χ1v) is 10.7. The molecule has 7 rings (SSSR count). The van der Waals surface area contributed by atoms with Crippen LogP contribution in [0.2, 0.25) is 0 Å². The molecule has 8 nitrogen and oxygen atoms in total. The smallest absolute Gasteiger partial charge is 0.357 e. The molecule has 0 saturated heterocycles. The largest absolute Gasteiger partial charge is 2.00 e. The number of benzene rings is 2. The van der Waals surface area contributed by atoms with Crippen molar-refractivity contribution in [2.75, 3.05) is 0 Å². The number of fused-ring (bicyclic) bond motifs is 14. The van der Waals surface area contributed by atoms with Gasteiger partial charge in [-0.3, -0.25) is 0 Å². The minimum atomic E-state index is 0. The van der Waals surface area contributed by atoms with E-state index in [0.29, 0.717) is 45.2 Å². The van der Waals surface area contributed by atoms with E-state index in [0.717, 1.165) is 21.5 Å². The molecule has 0 radical (unpaired) electrons. The summed E-state index contributed by atoms with van der Waals surface area (Å²) in [5.41, 5.74) is 4.20. The van der Waals surface area contributed by atoms with Gasteiger partial charge in [-0.2, -0.15) is 0 Å². The summed E-state index contributed by atoms with van der Waals surface area (Å²) in [4.78, 5) is 37.5. The molecule has 0 fully saturated rings. The van der Waals surface area contributed by atoms with E-state index < -0.39 is 0 Å². The van der Waals surface area contributed by atoms with Crippen LogP contribution in [0.1, 0.15) is 0 Å². The Morgan fingerprint density at radius 3 is 0.914 bits per heavy atom. The van der Waals surface area contributed by atoms with Crippen molar-refractivity contribution in [3.63, 3.8) is 0 Å². The van der Waals surface area contributed by atoms with Crippen molar-refractivity contribution in [2.45, 2.75) is 0 Å². The Kier molecular flexibility index (Phi) is 5.15. The van der Waals surface area contributed by atoms with Gasteiger partial charge in [0.2, 0.25) is 0 Å². The zero-order chi connectivity index (χ0) is 22.5. The van der Waals surface area contributed by atoms with E-state index in [1.54, 1.807) is 0 Å². The van der Waals surface area contributed by atoms with Crippen LogP contribution in [0.4, 0.5) is 0 Å². The predicted octanol–water partition coefficient (Wildman–Crippen LogP) is 4.57. The molecular formula is C26H14N8Pt. The van der Waals surface area contributed by atoms with E-state index in [1.165, 1.54) is 0 Å². The van der Waals surface area contributed by atoms with Gasteiger partial charge in [-0.05, 0) is 45.8 Å². The van der Waals surface area contributed by atoms with Crippen LogP contribution in [0.5, 0.6) is 0 Å². The summed E-state index contributed by atoms with van der Waals surface area (Å²) in [6.07, 6.45) is 0. The van der Waals surface area contributed by atoms with Gasteiger partial charge in [-0.25, -0.2) is 9.97 Å². The maximum absolute atomic E-state index is 4.71. The fourth-order valence-electron chi connectivity index (χ4n) is 4.04. The van der Waals surface area contributed by atoms with Gasteiger partial charge in [0, 0.05) is 22.6 Å². The molecule has 0 aliphatic carbocycles. The molecule has 0 aliphatic heterocycles. The first-order chi connectivity index (χ1) is 16.8. The second-order valence-electron chi connectivity index (χ2n) is 7.76. The Hall–Kier alpha value is -4.29. The van der Waals surface area contributed by atoms with E-state index in [-0.39, 0.29) is 21.1 Å². The van der Waals surface area contributed by atoms with Gasteiger partial charge in [-0.1, -0.05) is 60.7 Å². The predicted molar refractivity (Wildman–Crippen MR) is 131 cm³/mol. The van der Waals surface area contributed by atoms with Crippen molar-refractivity contribution in [1.82, 2.24) is 39.9 Å². The van der Waals surface area contributed by atoms with E-state index in [4.69, 9.17) is 29.9 Å². The number of nitrogens with zero attached hydrogens (tertiary/aromatic N) is 8. The van der Waals surface area contributed by atoms with Crippen LogP contribution >= 0.6 is 0 Å². The van der Waals surface area contributed by atoms with Crippen molar-refractivity contribution >= 4 is 66.7 Å². The van der Waals surface area contributed by atoms with Crippen LogP contribution < -0.4 is 9.97 Å². The zero-order valence-corrected chi connectivity index (χ0v) is 20.2.